The lowest BCUT2D eigenvalue weighted by molar-refractivity contribution is 0.247. The van der Waals surface area contributed by atoms with E-state index in [1.165, 1.54) is 11.1 Å². The van der Waals surface area contributed by atoms with Gasteiger partial charge in [0.1, 0.15) is 11.5 Å². The van der Waals surface area contributed by atoms with Crippen molar-refractivity contribution in [3.63, 3.8) is 0 Å². The van der Waals surface area contributed by atoms with Crippen molar-refractivity contribution in [2.24, 2.45) is 0 Å². The number of urea groups is 1. The molecule has 0 radical (unpaired) electrons. The number of carbonyl (C=O) groups is 1. The van der Waals surface area contributed by atoms with Crippen LogP contribution in [0.4, 0.5) is 10.5 Å². The number of anilines is 1. The van der Waals surface area contributed by atoms with E-state index < -0.39 is 0 Å². The Kier molecular flexibility index (Phi) is 4.89. The molecule has 5 nitrogen and oxygen atoms in total. The van der Waals surface area contributed by atoms with Crippen LogP contribution in [0.3, 0.4) is 0 Å². The molecular formula is C19H22N2O3. The SMILES string of the molecule is COc1cccc(NC(=O)NC2CCCc3cc(OC)ccc32)c1. The van der Waals surface area contributed by atoms with Gasteiger partial charge in [-0.05, 0) is 54.7 Å². The fourth-order valence-corrected chi connectivity index (χ4v) is 3.09. The van der Waals surface area contributed by atoms with Gasteiger partial charge in [0.25, 0.3) is 0 Å². The van der Waals surface area contributed by atoms with Crippen LogP contribution in [-0.4, -0.2) is 20.3 Å². The lowest BCUT2D eigenvalue weighted by Crippen LogP contribution is -2.34. The predicted molar refractivity (Wildman–Crippen MR) is 93.8 cm³/mol. The van der Waals surface area contributed by atoms with Gasteiger partial charge in [-0.1, -0.05) is 12.1 Å². The molecule has 1 aliphatic rings. The van der Waals surface area contributed by atoms with E-state index in [4.69, 9.17) is 9.47 Å². The van der Waals surface area contributed by atoms with Crippen molar-refractivity contribution >= 4 is 11.7 Å². The van der Waals surface area contributed by atoms with Gasteiger partial charge in [-0.2, -0.15) is 0 Å². The summed E-state index contributed by atoms with van der Waals surface area (Å²) in [5.41, 5.74) is 3.12. The zero-order valence-electron chi connectivity index (χ0n) is 14.0. The summed E-state index contributed by atoms with van der Waals surface area (Å²) in [5, 5.41) is 5.93. The maximum Gasteiger partial charge on any atom is 0.319 e. The van der Waals surface area contributed by atoms with Crippen molar-refractivity contribution in [2.75, 3.05) is 19.5 Å². The highest BCUT2D eigenvalue weighted by Crippen LogP contribution is 2.32. The number of methoxy groups -OCH3 is 2. The summed E-state index contributed by atoms with van der Waals surface area (Å²) >= 11 is 0. The van der Waals surface area contributed by atoms with E-state index in [0.717, 1.165) is 25.0 Å². The summed E-state index contributed by atoms with van der Waals surface area (Å²) in [7, 11) is 3.27. The van der Waals surface area contributed by atoms with E-state index in [9.17, 15) is 4.79 Å². The molecule has 0 saturated carbocycles. The first kappa shape index (κ1) is 16.2. The predicted octanol–water partition coefficient (Wildman–Crippen LogP) is 3.90. The number of hydrogen-bond acceptors (Lipinski definition) is 3. The van der Waals surface area contributed by atoms with E-state index >= 15 is 0 Å². The molecule has 5 heteroatoms. The van der Waals surface area contributed by atoms with Crippen LogP contribution in [0.5, 0.6) is 11.5 Å². The van der Waals surface area contributed by atoms with Crippen LogP contribution in [0.1, 0.15) is 30.0 Å². The summed E-state index contributed by atoms with van der Waals surface area (Å²) in [6.45, 7) is 0. The molecule has 2 N–H and O–H groups in total. The van der Waals surface area contributed by atoms with Crippen LogP contribution >= 0.6 is 0 Å². The third-order valence-corrected chi connectivity index (χ3v) is 4.30. The van der Waals surface area contributed by atoms with Crippen LogP contribution in [0.15, 0.2) is 42.5 Å². The number of nitrogens with one attached hydrogen (secondary N) is 2. The molecular weight excluding hydrogens is 304 g/mol. The maximum absolute atomic E-state index is 12.3. The molecule has 0 fully saturated rings. The van der Waals surface area contributed by atoms with E-state index in [1.807, 2.05) is 30.3 Å². The second-order valence-electron chi connectivity index (χ2n) is 5.84. The first-order valence-corrected chi connectivity index (χ1v) is 8.08. The topological polar surface area (TPSA) is 59.6 Å². The van der Waals surface area contributed by atoms with Gasteiger partial charge in [0.15, 0.2) is 0 Å². The number of fused-ring (bicyclic) bond motifs is 1. The lowest BCUT2D eigenvalue weighted by atomic mass is 9.87. The molecule has 0 heterocycles. The summed E-state index contributed by atoms with van der Waals surface area (Å²) in [4.78, 5) is 12.3. The Labute approximate surface area is 142 Å². The molecule has 0 aromatic heterocycles. The van der Waals surface area contributed by atoms with Crippen LogP contribution in [0.25, 0.3) is 0 Å². The van der Waals surface area contributed by atoms with Gasteiger partial charge in [-0.15, -0.1) is 0 Å². The maximum atomic E-state index is 12.3. The van der Waals surface area contributed by atoms with Gasteiger partial charge in [-0.3, -0.25) is 0 Å². The minimum atomic E-state index is -0.211. The zero-order valence-corrected chi connectivity index (χ0v) is 14.0. The normalized spacial score (nSPS) is 16.0. The molecule has 0 saturated heterocycles. The summed E-state index contributed by atoms with van der Waals surface area (Å²) in [6.07, 6.45) is 3.00. The molecule has 2 amide bonds. The summed E-state index contributed by atoms with van der Waals surface area (Å²) in [5.74, 6) is 1.57. The average Bonchev–Trinajstić information content (AvgIpc) is 2.61. The molecule has 0 aliphatic heterocycles. The van der Waals surface area contributed by atoms with E-state index in [1.54, 1.807) is 20.3 Å². The number of amides is 2. The minimum Gasteiger partial charge on any atom is -0.497 e. The first-order valence-electron chi connectivity index (χ1n) is 8.08. The lowest BCUT2D eigenvalue weighted by Gasteiger charge is -2.27. The van der Waals surface area contributed by atoms with Crippen LogP contribution in [0, 0.1) is 0 Å². The Bertz CT molecular complexity index is 730. The molecule has 2 aromatic carbocycles. The van der Waals surface area contributed by atoms with Gasteiger partial charge in [0.2, 0.25) is 0 Å². The fraction of sp³-hybridized carbons (Fsp3) is 0.316. The molecule has 2 aromatic rings. The monoisotopic (exact) mass is 326 g/mol. The van der Waals surface area contributed by atoms with Crippen LogP contribution < -0.4 is 20.1 Å². The van der Waals surface area contributed by atoms with Gasteiger partial charge in [0, 0.05) is 11.8 Å². The van der Waals surface area contributed by atoms with Crippen molar-refractivity contribution in [3.05, 3.63) is 53.6 Å². The Hall–Kier alpha value is -2.69. The van der Waals surface area contributed by atoms with Gasteiger partial charge >= 0.3 is 6.03 Å². The Morgan fingerprint density at radius 2 is 1.88 bits per heavy atom. The minimum absolute atomic E-state index is 0.0188. The Morgan fingerprint density at radius 3 is 2.67 bits per heavy atom. The van der Waals surface area contributed by atoms with Crippen molar-refractivity contribution in [1.29, 1.82) is 0 Å². The smallest absolute Gasteiger partial charge is 0.319 e. The number of ether oxygens (including phenoxy) is 2. The van der Waals surface area contributed by atoms with Crippen molar-refractivity contribution in [3.8, 4) is 11.5 Å². The molecule has 1 unspecified atom stereocenters. The molecule has 1 atom stereocenters. The van der Waals surface area contributed by atoms with Gasteiger partial charge < -0.3 is 20.1 Å². The Morgan fingerprint density at radius 1 is 1.08 bits per heavy atom. The molecule has 3 rings (SSSR count). The highest BCUT2D eigenvalue weighted by atomic mass is 16.5. The zero-order chi connectivity index (χ0) is 16.9. The van der Waals surface area contributed by atoms with E-state index in [2.05, 4.69) is 16.7 Å². The van der Waals surface area contributed by atoms with Gasteiger partial charge in [0.05, 0.1) is 20.3 Å². The quantitative estimate of drug-likeness (QED) is 0.896. The van der Waals surface area contributed by atoms with E-state index in [-0.39, 0.29) is 12.1 Å². The number of rotatable bonds is 4. The van der Waals surface area contributed by atoms with Crippen molar-refractivity contribution in [2.45, 2.75) is 25.3 Å². The fourth-order valence-electron chi connectivity index (χ4n) is 3.09. The third kappa shape index (κ3) is 3.62. The van der Waals surface area contributed by atoms with Crippen LogP contribution in [-0.2, 0) is 6.42 Å². The largest absolute Gasteiger partial charge is 0.497 e. The average molecular weight is 326 g/mol. The van der Waals surface area contributed by atoms with Gasteiger partial charge in [-0.25, -0.2) is 4.79 Å². The standard InChI is InChI=1S/C19H22N2O3/c1-23-15-7-4-6-14(12-15)20-19(22)21-18-8-3-5-13-11-16(24-2)9-10-17(13)18/h4,6-7,9-12,18H,3,5,8H2,1-2H3,(H2,20,21,22). The molecule has 1 aliphatic carbocycles. The molecule has 0 spiro atoms. The highest BCUT2D eigenvalue weighted by molar-refractivity contribution is 5.89. The number of aryl methyl sites for hydroxylation is 1. The van der Waals surface area contributed by atoms with Crippen LogP contribution in [0.2, 0.25) is 0 Å². The number of carbonyl (C=O) groups excluding carboxylic acids is 1. The van der Waals surface area contributed by atoms with E-state index in [0.29, 0.717) is 11.4 Å². The Balaban J connectivity index is 1.69. The first-order chi connectivity index (χ1) is 11.7. The number of hydrogen-bond donors (Lipinski definition) is 2. The van der Waals surface area contributed by atoms with Crippen molar-refractivity contribution in [1.82, 2.24) is 5.32 Å². The molecule has 0 bridgehead atoms. The number of benzene rings is 2. The third-order valence-electron chi connectivity index (χ3n) is 4.30. The summed E-state index contributed by atoms with van der Waals surface area (Å²) in [6, 6.07) is 13.2. The second kappa shape index (κ2) is 7.25. The second-order valence-corrected chi connectivity index (χ2v) is 5.84. The highest BCUT2D eigenvalue weighted by Gasteiger charge is 2.22. The molecule has 126 valence electrons. The molecule has 24 heavy (non-hydrogen) atoms. The van der Waals surface area contributed by atoms with Crippen molar-refractivity contribution < 1.29 is 14.3 Å². The summed E-state index contributed by atoms with van der Waals surface area (Å²) < 4.78 is 10.5.